The highest BCUT2D eigenvalue weighted by atomic mass is 16.3. The van der Waals surface area contributed by atoms with Crippen LogP contribution in [0.15, 0.2) is 12.2 Å². The summed E-state index contributed by atoms with van der Waals surface area (Å²) in [5.74, 6) is 0.108. The van der Waals surface area contributed by atoms with Gasteiger partial charge in [0.25, 0.3) is 0 Å². The van der Waals surface area contributed by atoms with E-state index in [1.807, 2.05) is 6.08 Å². The zero-order valence-corrected chi connectivity index (χ0v) is 6.80. The van der Waals surface area contributed by atoms with Gasteiger partial charge in [-0.25, -0.2) is 0 Å². The summed E-state index contributed by atoms with van der Waals surface area (Å²) in [6, 6.07) is 0. The highest BCUT2D eigenvalue weighted by Gasteiger charge is 2.41. The number of rotatable bonds is 0. The van der Waals surface area contributed by atoms with Crippen LogP contribution in [0.4, 0.5) is 0 Å². The maximum absolute atomic E-state index is 9.52. The Morgan fingerprint density at radius 3 is 2.42 bits per heavy atom. The van der Waals surface area contributed by atoms with Crippen molar-refractivity contribution in [2.75, 3.05) is 0 Å². The van der Waals surface area contributed by atoms with Crippen LogP contribution in [-0.4, -0.2) is 33.6 Å². The summed E-state index contributed by atoms with van der Waals surface area (Å²) in [7, 11) is 0. The van der Waals surface area contributed by atoms with Crippen molar-refractivity contribution in [3.63, 3.8) is 0 Å². The van der Waals surface area contributed by atoms with Crippen molar-refractivity contribution in [1.29, 1.82) is 0 Å². The first-order chi connectivity index (χ1) is 5.68. The molecule has 0 aliphatic heterocycles. The summed E-state index contributed by atoms with van der Waals surface area (Å²) in [5.41, 5.74) is 0. The fraction of sp³-hybridized carbons (Fsp3) is 0.778. The van der Waals surface area contributed by atoms with Crippen LogP contribution in [-0.2, 0) is 0 Å². The molecule has 2 bridgehead atoms. The Hall–Kier alpha value is -0.380. The second kappa shape index (κ2) is 2.83. The van der Waals surface area contributed by atoms with Gasteiger partial charge in [0, 0.05) is 5.92 Å². The molecule has 0 aromatic heterocycles. The molecule has 12 heavy (non-hydrogen) atoms. The monoisotopic (exact) mass is 170 g/mol. The summed E-state index contributed by atoms with van der Waals surface area (Å²) >= 11 is 0. The van der Waals surface area contributed by atoms with Gasteiger partial charge in [0.15, 0.2) is 0 Å². The molecule has 0 amide bonds. The van der Waals surface area contributed by atoms with Gasteiger partial charge in [-0.15, -0.1) is 0 Å². The molecule has 0 heterocycles. The van der Waals surface area contributed by atoms with E-state index in [1.54, 1.807) is 6.08 Å². The van der Waals surface area contributed by atoms with E-state index in [2.05, 4.69) is 0 Å². The Balaban J connectivity index is 2.20. The minimum Gasteiger partial charge on any atom is -0.390 e. The van der Waals surface area contributed by atoms with Gasteiger partial charge in [-0.1, -0.05) is 12.2 Å². The van der Waals surface area contributed by atoms with Crippen molar-refractivity contribution in [3.05, 3.63) is 12.2 Å². The van der Waals surface area contributed by atoms with E-state index in [-0.39, 0.29) is 11.8 Å². The quantitative estimate of drug-likeness (QED) is 0.436. The molecule has 68 valence electrons. The molecule has 3 heteroatoms. The summed E-state index contributed by atoms with van der Waals surface area (Å²) in [6.45, 7) is 0. The number of hydrogen-bond acceptors (Lipinski definition) is 3. The van der Waals surface area contributed by atoms with Gasteiger partial charge in [-0.05, 0) is 18.8 Å². The van der Waals surface area contributed by atoms with Crippen LogP contribution in [0.2, 0.25) is 0 Å². The van der Waals surface area contributed by atoms with Crippen LogP contribution in [0, 0.1) is 11.8 Å². The maximum atomic E-state index is 9.52. The highest BCUT2D eigenvalue weighted by molar-refractivity contribution is 5.07. The largest absolute Gasteiger partial charge is 0.390 e. The van der Waals surface area contributed by atoms with E-state index in [4.69, 9.17) is 0 Å². The summed E-state index contributed by atoms with van der Waals surface area (Å²) in [4.78, 5) is 0. The molecule has 0 aromatic rings. The topological polar surface area (TPSA) is 60.7 Å². The Bertz CT molecular complexity index is 200. The fourth-order valence-corrected chi connectivity index (χ4v) is 2.25. The van der Waals surface area contributed by atoms with Gasteiger partial charge in [-0.2, -0.15) is 0 Å². The maximum Gasteiger partial charge on any atom is 0.0864 e. The number of fused-ring (bicyclic) bond motifs is 2. The number of aliphatic hydroxyl groups is 3. The van der Waals surface area contributed by atoms with Crippen molar-refractivity contribution in [2.45, 2.75) is 31.2 Å². The molecule has 3 nitrogen and oxygen atoms in total. The molecule has 0 saturated heterocycles. The van der Waals surface area contributed by atoms with Gasteiger partial charge in [-0.3, -0.25) is 0 Å². The van der Waals surface area contributed by atoms with Crippen molar-refractivity contribution in [3.8, 4) is 0 Å². The summed E-state index contributed by atoms with van der Waals surface area (Å²) in [5, 5.41) is 28.3. The number of aliphatic hydroxyl groups excluding tert-OH is 3. The second-order valence-electron chi connectivity index (χ2n) is 3.83. The SMILES string of the molecule is OC1C=CC2CC(C1)C(O)C2O. The average Bonchev–Trinajstić information content (AvgIpc) is 2.28. The van der Waals surface area contributed by atoms with Crippen LogP contribution in [0.25, 0.3) is 0 Å². The minimum atomic E-state index is -0.644. The molecule has 1 saturated carbocycles. The standard InChI is InChI=1S/C9H14O3/c10-7-2-1-5-3-6(4-7)9(12)8(5)11/h1-2,5-12H,3-4H2. The van der Waals surface area contributed by atoms with E-state index in [1.165, 1.54) is 0 Å². The Labute approximate surface area is 71.3 Å². The molecule has 0 aromatic carbocycles. The molecule has 2 aliphatic carbocycles. The smallest absolute Gasteiger partial charge is 0.0864 e. The predicted octanol–water partition coefficient (Wildman–Crippen LogP) is -0.335. The Kier molecular flexibility index (Phi) is 1.94. The first kappa shape index (κ1) is 8.23. The van der Waals surface area contributed by atoms with Crippen molar-refractivity contribution in [1.82, 2.24) is 0 Å². The zero-order valence-electron chi connectivity index (χ0n) is 6.80. The fourth-order valence-electron chi connectivity index (χ4n) is 2.25. The van der Waals surface area contributed by atoms with E-state index >= 15 is 0 Å². The van der Waals surface area contributed by atoms with E-state index in [0.29, 0.717) is 6.42 Å². The molecular formula is C9H14O3. The van der Waals surface area contributed by atoms with Crippen molar-refractivity contribution in [2.24, 2.45) is 11.8 Å². The highest BCUT2D eigenvalue weighted by Crippen LogP contribution is 2.37. The summed E-state index contributed by atoms with van der Waals surface area (Å²) < 4.78 is 0. The molecule has 3 N–H and O–H groups in total. The van der Waals surface area contributed by atoms with E-state index in [0.717, 1.165) is 6.42 Å². The molecule has 2 aliphatic rings. The van der Waals surface area contributed by atoms with Gasteiger partial charge >= 0.3 is 0 Å². The second-order valence-corrected chi connectivity index (χ2v) is 3.83. The molecule has 5 atom stereocenters. The zero-order chi connectivity index (χ0) is 8.72. The Morgan fingerprint density at radius 1 is 0.917 bits per heavy atom. The van der Waals surface area contributed by atoms with Gasteiger partial charge in [0.05, 0.1) is 18.3 Å². The van der Waals surface area contributed by atoms with Crippen molar-refractivity contribution >= 4 is 0 Å². The van der Waals surface area contributed by atoms with Crippen LogP contribution >= 0.6 is 0 Å². The normalized spacial score (nSPS) is 52.4. The van der Waals surface area contributed by atoms with Crippen LogP contribution < -0.4 is 0 Å². The minimum absolute atomic E-state index is 0.0437. The van der Waals surface area contributed by atoms with Crippen LogP contribution in [0.1, 0.15) is 12.8 Å². The molecule has 5 unspecified atom stereocenters. The lowest BCUT2D eigenvalue weighted by molar-refractivity contribution is 0.000401. The van der Waals surface area contributed by atoms with E-state index in [9.17, 15) is 15.3 Å². The van der Waals surface area contributed by atoms with Gasteiger partial charge < -0.3 is 15.3 Å². The molecule has 0 radical (unpaired) electrons. The average molecular weight is 170 g/mol. The van der Waals surface area contributed by atoms with Crippen molar-refractivity contribution < 1.29 is 15.3 Å². The molecule has 2 rings (SSSR count). The number of hydrogen-bond donors (Lipinski definition) is 3. The lowest BCUT2D eigenvalue weighted by Gasteiger charge is -2.19. The summed E-state index contributed by atoms with van der Waals surface area (Å²) in [6.07, 6.45) is 3.21. The van der Waals surface area contributed by atoms with Gasteiger partial charge in [0.1, 0.15) is 0 Å². The third kappa shape index (κ3) is 1.18. The lowest BCUT2D eigenvalue weighted by atomic mass is 9.98. The molecule has 1 fully saturated rings. The first-order valence-corrected chi connectivity index (χ1v) is 4.41. The first-order valence-electron chi connectivity index (χ1n) is 4.41. The van der Waals surface area contributed by atoms with Crippen LogP contribution in [0.5, 0.6) is 0 Å². The van der Waals surface area contributed by atoms with Crippen LogP contribution in [0.3, 0.4) is 0 Å². The predicted molar refractivity (Wildman–Crippen MR) is 43.4 cm³/mol. The molecular weight excluding hydrogens is 156 g/mol. The third-order valence-corrected chi connectivity index (χ3v) is 2.97. The Morgan fingerprint density at radius 2 is 1.67 bits per heavy atom. The van der Waals surface area contributed by atoms with E-state index < -0.39 is 18.3 Å². The lowest BCUT2D eigenvalue weighted by Crippen LogP contribution is -2.30. The van der Waals surface area contributed by atoms with Gasteiger partial charge in [0.2, 0.25) is 0 Å². The third-order valence-electron chi connectivity index (χ3n) is 2.97. The molecule has 0 spiro atoms.